The third-order valence-corrected chi connectivity index (χ3v) is 18.0. The van der Waals surface area contributed by atoms with Crippen LogP contribution in [-0.2, 0) is 5.41 Å². The van der Waals surface area contributed by atoms with Crippen molar-refractivity contribution in [2.24, 2.45) is 0 Å². The van der Waals surface area contributed by atoms with Gasteiger partial charge in [0.05, 0.1) is 16.8 Å². The van der Waals surface area contributed by atoms with Crippen LogP contribution in [0.1, 0.15) is 22.3 Å². The lowest BCUT2D eigenvalue weighted by atomic mass is 9.66. The molecule has 0 radical (unpaired) electrons. The van der Waals surface area contributed by atoms with Crippen LogP contribution >= 0.6 is 22.7 Å². The summed E-state index contributed by atoms with van der Waals surface area (Å²) in [6, 6.07) is 88.5. The Bertz CT molecular complexity index is 4480. The molecule has 0 saturated heterocycles. The smallest absolute Gasteiger partial charge is 0.160 e. The third-order valence-electron chi connectivity index (χ3n) is 15.6. The topological polar surface area (TPSA) is 35.0 Å². The highest BCUT2D eigenvalue weighted by Gasteiger charge is 2.51. The van der Waals surface area contributed by atoms with E-state index in [0.29, 0.717) is 5.82 Å². The zero-order valence-electron chi connectivity index (χ0n) is 39.7. The minimum Gasteiger partial charge on any atom is -0.457 e. The van der Waals surface area contributed by atoms with Crippen molar-refractivity contribution in [2.75, 3.05) is 0 Å². The normalized spacial score (nSPS) is 13.1. The first-order valence-electron chi connectivity index (χ1n) is 25.1. The molecule has 1 spiro atoms. The highest BCUT2D eigenvalue weighted by atomic mass is 32.1. The summed E-state index contributed by atoms with van der Waals surface area (Å²) in [5.41, 5.74) is 16.3. The van der Waals surface area contributed by atoms with Gasteiger partial charge >= 0.3 is 0 Å². The van der Waals surface area contributed by atoms with Crippen LogP contribution in [0.5, 0.6) is 11.5 Å². The van der Waals surface area contributed by atoms with Crippen molar-refractivity contribution >= 4 is 73.8 Å². The molecule has 0 amide bonds. The monoisotopic (exact) mass is 976 g/mol. The maximum atomic E-state index is 6.73. The molecular weight excluding hydrogens is 937 g/mol. The minimum atomic E-state index is -0.604. The van der Waals surface area contributed by atoms with E-state index < -0.39 is 5.41 Å². The highest BCUT2D eigenvalue weighted by Crippen LogP contribution is 2.63. The first kappa shape index (κ1) is 41.6. The lowest BCUT2D eigenvalue weighted by molar-refractivity contribution is 0.436. The number of thiophene rings is 2. The van der Waals surface area contributed by atoms with Crippen molar-refractivity contribution in [1.29, 1.82) is 0 Å². The number of hydrogen-bond acceptors (Lipinski definition) is 5. The van der Waals surface area contributed by atoms with Gasteiger partial charge in [-0.3, -0.25) is 0 Å². The number of fused-ring (bicyclic) bond motifs is 16. The van der Waals surface area contributed by atoms with Crippen LogP contribution in [-0.4, -0.2) is 9.97 Å². The maximum Gasteiger partial charge on any atom is 0.160 e. The zero-order valence-corrected chi connectivity index (χ0v) is 41.3. The molecule has 0 fully saturated rings. The average Bonchev–Trinajstić information content (AvgIpc) is 4.18. The Labute approximate surface area is 434 Å². The Hall–Kier alpha value is -9.00. The molecule has 0 bridgehead atoms. The zero-order chi connectivity index (χ0) is 48.5. The molecule has 0 saturated carbocycles. The molecule has 74 heavy (non-hydrogen) atoms. The Morgan fingerprint density at radius 2 is 0.824 bits per heavy atom. The van der Waals surface area contributed by atoms with Crippen molar-refractivity contribution in [3.63, 3.8) is 0 Å². The molecule has 0 N–H and O–H groups in total. The van der Waals surface area contributed by atoms with Gasteiger partial charge in [-0.25, -0.2) is 9.97 Å². The van der Waals surface area contributed by atoms with Crippen LogP contribution < -0.4 is 4.74 Å². The molecule has 0 atom stereocenters. The fourth-order valence-corrected chi connectivity index (χ4v) is 14.6. The van der Waals surface area contributed by atoms with E-state index in [1.54, 1.807) is 0 Å². The summed E-state index contributed by atoms with van der Waals surface area (Å²) >= 11 is 3.66. The molecule has 5 heteroatoms. The Morgan fingerprint density at radius 3 is 1.50 bits per heavy atom. The van der Waals surface area contributed by atoms with Gasteiger partial charge in [0, 0.05) is 68.2 Å². The molecule has 14 aromatic rings. The first-order chi connectivity index (χ1) is 36.6. The summed E-state index contributed by atoms with van der Waals surface area (Å²) in [5, 5.41) is 7.51. The van der Waals surface area contributed by atoms with Gasteiger partial charge in [0.2, 0.25) is 0 Å². The molecule has 2 aliphatic rings. The van der Waals surface area contributed by atoms with Crippen LogP contribution in [0.3, 0.4) is 0 Å². The summed E-state index contributed by atoms with van der Waals surface area (Å²) in [6.07, 6.45) is 0. The van der Waals surface area contributed by atoms with Gasteiger partial charge in [-0.2, -0.15) is 0 Å². The minimum absolute atomic E-state index is 0.604. The summed E-state index contributed by atoms with van der Waals surface area (Å²) < 4.78 is 11.7. The number of aromatic nitrogens is 2. The second-order valence-electron chi connectivity index (χ2n) is 19.5. The summed E-state index contributed by atoms with van der Waals surface area (Å²) in [7, 11) is 0. The van der Waals surface area contributed by atoms with Crippen molar-refractivity contribution in [2.45, 2.75) is 5.41 Å². The number of hydrogen-bond donors (Lipinski definition) is 0. The van der Waals surface area contributed by atoms with Crippen LogP contribution in [0.4, 0.5) is 0 Å². The van der Waals surface area contributed by atoms with E-state index >= 15 is 0 Å². The number of rotatable bonds is 5. The van der Waals surface area contributed by atoms with Crippen molar-refractivity contribution in [3.05, 3.63) is 265 Å². The maximum absolute atomic E-state index is 6.73. The van der Waals surface area contributed by atoms with Gasteiger partial charge in [-0.05, 0) is 104 Å². The molecule has 344 valence electrons. The Balaban J connectivity index is 0.857. The first-order valence-corrected chi connectivity index (χ1v) is 26.7. The number of benzene rings is 11. The highest BCUT2D eigenvalue weighted by molar-refractivity contribution is 7.26. The van der Waals surface area contributed by atoms with Crippen LogP contribution in [0.15, 0.2) is 243 Å². The quantitative estimate of drug-likeness (QED) is 0.172. The molecule has 1 aliphatic carbocycles. The predicted octanol–water partition coefficient (Wildman–Crippen LogP) is 19.2. The van der Waals surface area contributed by atoms with E-state index in [1.807, 2.05) is 22.7 Å². The van der Waals surface area contributed by atoms with Gasteiger partial charge in [0.15, 0.2) is 5.82 Å². The number of ether oxygens (including phenoxy) is 1. The van der Waals surface area contributed by atoms with Gasteiger partial charge in [-0.1, -0.05) is 194 Å². The SMILES string of the molecule is c1ccc2c(c1)Oc1ccccc1C21c2ccc(-c3ccc4ccccc4c3)cc2-c2ccc(-c3ccc(-c4nc(-c5cccc6c5sc5ccccc56)cc(-c5cccc6c5sc5ccccc56)n4)cc3)cc21. The lowest BCUT2D eigenvalue weighted by Crippen LogP contribution is -2.32. The van der Waals surface area contributed by atoms with Crippen LogP contribution in [0, 0.1) is 0 Å². The summed E-state index contributed by atoms with van der Waals surface area (Å²) in [4.78, 5) is 10.9. The summed E-state index contributed by atoms with van der Waals surface area (Å²) in [5.74, 6) is 2.46. The standard InChI is InChI=1S/C69H40N2OS2/c1-2-14-44-37-45(32-29-41(44)13-1)46-34-36-56-55(38-46)48-35-33-47(39-59(48)69(56)57-21-5-7-23-62(57)72-63-24-8-6-22-58(63)69)42-27-30-43(31-28-42)68-70-60(53-19-11-17-51-49-15-3-9-25-64(49)73-66(51)53)40-61(71-68)54-20-12-18-52-50-16-4-10-26-65(50)74-67(52)54/h1-40H. The molecule has 16 rings (SSSR count). The predicted molar refractivity (Wildman–Crippen MR) is 310 cm³/mol. The lowest BCUT2D eigenvalue weighted by Gasteiger charge is -2.39. The van der Waals surface area contributed by atoms with E-state index in [0.717, 1.165) is 61.8 Å². The molecule has 0 unspecified atom stereocenters. The molecule has 11 aromatic carbocycles. The van der Waals surface area contributed by atoms with E-state index in [1.165, 1.54) is 84.5 Å². The largest absolute Gasteiger partial charge is 0.457 e. The Kier molecular flexibility index (Phi) is 8.99. The van der Waals surface area contributed by atoms with Crippen molar-refractivity contribution in [1.82, 2.24) is 9.97 Å². The molecule has 3 aromatic heterocycles. The second kappa shape index (κ2) is 16.0. The average molecular weight is 977 g/mol. The number of nitrogens with zero attached hydrogens (tertiary/aromatic N) is 2. The summed E-state index contributed by atoms with van der Waals surface area (Å²) in [6.45, 7) is 0. The number of para-hydroxylation sites is 2. The fourth-order valence-electron chi connectivity index (χ4n) is 12.2. The van der Waals surface area contributed by atoms with Gasteiger partial charge < -0.3 is 4.74 Å². The van der Waals surface area contributed by atoms with E-state index in [2.05, 4.69) is 243 Å². The van der Waals surface area contributed by atoms with Crippen LogP contribution in [0.2, 0.25) is 0 Å². The molecular formula is C69H40N2OS2. The Morgan fingerprint density at radius 1 is 0.311 bits per heavy atom. The van der Waals surface area contributed by atoms with Gasteiger partial charge in [0.25, 0.3) is 0 Å². The van der Waals surface area contributed by atoms with Crippen LogP contribution in [0.25, 0.3) is 118 Å². The van der Waals surface area contributed by atoms with E-state index in [4.69, 9.17) is 14.7 Å². The van der Waals surface area contributed by atoms with Crippen molar-refractivity contribution < 1.29 is 4.74 Å². The fraction of sp³-hybridized carbons (Fsp3) is 0.0145. The molecule has 4 heterocycles. The van der Waals surface area contributed by atoms with Gasteiger partial charge in [-0.15, -0.1) is 22.7 Å². The molecule has 3 nitrogen and oxygen atoms in total. The third kappa shape index (κ3) is 6.12. The second-order valence-corrected chi connectivity index (χ2v) is 21.6. The van der Waals surface area contributed by atoms with E-state index in [-0.39, 0.29) is 0 Å². The van der Waals surface area contributed by atoms with Crippen molar-refractivity contribution in [3.8, 4) is 78.8 Å². The molecule has 1 aliphatic heterocycles. The van der Waals surface area contributed by atoms with Gasteiger partial charge in [0.1, 0.15) is 11.5 Å². The van der Waals surface area contributed by atoms with E-state index in [9.17, 15) is 0 Å².